The smallest absolute Gasteiger partial charge is 0.338 e. The summed E-state index contributed by atoms with van der Waals surface area (Å²) in [6.45, 7) is 6.86. The van der Waals surface area contributed by atoms with Crippen molar-refractivity contribution in [2.45, 2.75) is 33.6 Å². The molecular weight excluding hydrogens is 344 g/mol. The molecule has 1 heterocycles. The monoisotopic (exact) mass is 370 g/mol. The number of ether oxygens (including phenoxy) is 1. The second kappa shape index (κ2) is 9.66. The Morgan fingerprint density at radius 1 is 1.15 bits per heavy atom. The van der Waals surface area contributed by atoms with E-state index in [1.807, 2.05) is 18.9 Å². The maximum absolute atomic E-state index is 12.6. The van der Waals surface area contributed by atoms with Gasteiger partial charge in [-0.1, -0.05) is 13.3 Å². The molecule has 0 radical (unpaired) electrons. The fraction of sp³-hybridized carbons (Fsp3) is 0.400. The number of nitrogens with zero attached hydrogens (tertiary/aromatic N) is 3. The van der Waals surface area contributed by atoms with Crippen molar-refractivity contribution in [3.63, 3.8) is 0 Å². The van der Waals surface area contributed by atoms with E-state index in [2.05, 4.69) is 22.2 Å². The molecule has 0 bridgehead atoms. The highest BCUT2D eigenvalue weighted by Crippen LogP contribution is 2.14. The van der Waals surface area contributed by atoms with E-state index in [1.165, 1.54) is 0 Å². The van der Waals surface area contributed by atoms with Crippen LogP contribution in [0.15, 0.2) is 30.3 Å². The molecule has 2 rings (SSSR count). The van der Waals surface area contributed by atoms with Crippen LogP contribution >= 0.6 is 0 Å². The minimum Gasteiger partial charge on any atom is -0.462 e. The molecule has 1 aromatic carbocycles. The normalized spacial score (nSPS) is 10.4. The molecule has 0 aliphatic rings. The van der Waals surface area contributed by atoms with E-state index in [1.54, 1.807) is 37.3 Å². The molecule has 7 nitrogen and oxygen atoms in total. The predicted octanol–water partition coefficient (Wildman–Crippen LogP) is 3.45. The van der Waals surface area contributed by atoms with E-state index >= 15 is 0 Å². The van der Waals surface area contributed by atoms with E-state index < -0.39 is 0 Å². The number of carbonyl (C=O) groups excluding carboxylic acids is 2. The summed E-state index contributed by atoms with van der Waals surface area (Å²) in [4.78, 5) is 35.0. The molecular formula is C20H26N4O3. The third-order valence-electron chi connectivity index (χ3n) is 3.92. The highest BCUT2D eigenvalue weighted by Gasteiger charge is 2.14. The van der Waals surface area contributed by atoms with E-state index in [0.29, 0.717) is 29.5 Å². The first kappa shape index (κ1) is 20.4. The second-order valence-electron chi connectivity index (χ2n) is 6.22. The van der Waals surface area contributed by atoms with Gasteiger partial charge in [0, 0.05) is 25.0 Å². The van der Waals surface area contributed by atoms with Crippen LogP contribution in [0.3, 0.4) is 0 Å². The summed E-state index contributed by atoms with van der Waals surface area (Å²) >= 11 is 0. The zero-order chi connectivity index (χ0) is 19.8. The predicted molar refractivity (Wildman–Crippen MR) is 105 cm³/mol. The van der Waals surface area contributed by atoms with Crippen molar-refractivity contribution in [1.82, 2.24) is 9.97 Å². The van der Waals surface area contributed by atoms with Gasteiger partial charge in [0.15, 0.2) is 0 Å². The number of benzene rings is 1. The Kier molecular flexibility index (Phi) is 7.28. The Labute approximate surface area is 159 Å². The number of aryl methyl sites for hydroxylation is 1. The number of amides is 1. The van der Waals surface area contributed by atoms with Gasteiger partial charge in [-0.15, -0.1) is 0 Å². The Bertz CT molecular complexity index is 790. The SMILES string of the molecule is CCCCN(C)c1nc(C)cc(C(=O)Nc2ccc(C(=O)OCC)cc2)n1. The van der Waals surface area contributed by atoms with Crippen molar-refractivity contribution >= 4 is 23.5 Å². The van der Waals surface area contributed by atoms with Crippen molar-refractivity contribution in [3.05, 3.63) is 47.3 Å². The number of hydrogen-bond acceptors (Lipinski definition) is 6. The van der Waals surface area contributed by atoms with Gasteiger partial charge in [0.05, 0.1) is 12.2 Å². The molecule has 0 fully saturated rings. The number of nitrogens with one attached hydrogen (secondary N) is 1. The molecule has 0 unspecified atom stereocenters. The molecule has 0 aliphatic heterocycles. The van der Waals surface area contributed by atoms with Crippen molar-refractivity contribution in [2.24, 2.45) is 0 Å². The Morgan fingerprint density at radius 2 is 1.85 bits per heavy atom. The fourth-order valence-electron chi connectivity index (χ4n) is 2.43. The third-order valence-corrected chi connectivity index (χ3v) is 3.92. The van der Waals surface area contributed by atoms with Crippen LogP contribution < -0.4 is 10.2 Å². The molecule has 1 N–H and O–H groups in total. The molecule has 1 amide bonds. The Hall–Kier alpha value is -2.96. The summed E-state index contributed by atoms with van der Waals surface area (Å²) in [5.41, 5.74) is 2.04. The number of anilines is 2. The van der Waals surface area contributed by atoms with Crippen LogP contribution in [-0.2, 0) is 4.74 Å². The summed E-state index contributed by atoms with van der Waals surface area (Å²) < 4.78 is 4.95. The quantitative estimate of drug-likeness (QED) is 0.717. The maximum atomic E-state index is 12.6. The largest absolute Gasteiger partial charge is 0.462 e. The molecule has 0 saturated heterocycles. The number of unbranched alkanes of at least 4 members (excludes halogenated alkanes) is 1. The average molecular weight is 370 g/mol. The number of carbonyl (C=O) groups is 2. The van der Waals surface area contributed by atoms with Crippen molar-refractivity contribution < 1.29 is 14.3 Å². The number of esters is 1. The van der Waals surface area contributed by atoms with Crippen LogP contribution in [0.25, 0.3) is 0 Å². The molecule has 144 valence electrons. The standard InChI is InChI=1S/C20H26N4O3/c1-5-7-12-24(4)20-21-14(3)13-17(23-20)18(25)22-16-10-8-15(9-11-16)19(26)27-6-2/h8-11,13H,5-7,12H2,1-4H3,(H,22,25). The zero-order valence-corrected chi connectivity index (χ0v) is 16.3. The average Bonchev–Trinajstić information content (AvgIpc) is 2.66. The number of hydrogen-bond donors (Lipinski definition) is 1. The molecule has 0 spiro atoms. The van der Waals surface area contributed by atoms with Gasteiger partial charge in [0.25, 0.3) is 5.91 Å². The lowest BCUT2D eigenvalue weighted by Crippen LogP contribution is -2.23. The van der Waals surface area contributed by atoms with E-state index in [9.17, 15) is 9.59 Å². The van der Waals surface area contributed by atoms with Gasteiger partial charge in [-0.2, -0.15) is 0 Å². The first-order valence-electron chi connectivity index (χ1n) is 9.10. The van der Waals surface area contributed by atoms with Gasteiger partial charge in [-0.25, -0.2) is 14.8 Å². The molecule has 0 aliphatic carbocycles. The summed E-state index contributed by atoms with van der Waals surface area (Å²) in [7, 11) is 1.92. The van der Waals surface area contributed by atoms with Gasteiger partial charge in [-0.3, -0.25) is 4.79 Å². The first-order chi connectivity index (χ1) is 12.9. The first-order valence-corrected chi connectivity index (χ1v) is 9.10. The van der Waals surface area contributed by atoms with Crippen molar-refractivity contribution in [3.8, 4) is 0 Å². The Morgan fingerprint density at radius 3 is 2.48 bits per heavy atom. The van der Waals surface area contributed by atoms with Crippen LogP contribution in [0.4, 0.5) is 11.6 Å². The van der Waals surface area contributed by atoms with Gasteiger partial charge in [0.2, 0.25) is 5.95 Å². The molecule has 0 saturated carbocycles. The van der Waals surface area contributed by atoms with Crippen LogP contribution in [0.1, 0.15) is 53.2 Å². The van der Waals surface area contributed by atoms with Crippen LogP contribution in [0.2, 0.25) is 0 Å². The molecule has 1 aromatic heterocycles. The molecule has 0 atom stereocenters. The summed E-state index contributed by atoms with van der Waals surface area (Å²) in [5.74, 6) is -0.178. The van der Waals surface area contributed by atoms with E-state index in [-0.39, 0.29) is 11.9 Å². The van der Waals surface area contributed by atoms with Gasteiger partial charge >= 0.3 is 5.97 Å². The van der Waals surface area contributed by atoms with Crippen LogP contribution in [0, 0.1) is 6.92 Å². The van der Waals surface area contributed by atoms with Crippen LogP contribution in [-0.4, -0.2) is 42.0 Å². The highest BCUT2D eigenvalue weighted by atomic mass is 16.5. The van der Waals surface area contributed by atoms with Gasteiger partial charge in [0.1, 0.15) is 5.69 Å². The van der Waals surface area contributed by atoms with Crippen LogP contribution in [0.5, 0.6) is 0 Å². The van der Waals surface area contributed by atoms with Gasteiger partial charge in [-0.05, 0) is 50.6 Å². The topological polar surface area (TPSA) is 84.4 Å². The molecule has 7 heteroatoms. The van der Waals surface area contributed by atoms with Gasteiger partial charge < -0.3 is 15.0 Å². The second-order valence-corrected chi connectivity index (χ2v) is 6.22. The number of aromatic nitrogens is 2. The zero-order valence-electron chi connectivity index (χ0n) is 16.3. The molecule has 27 heavy (non-hydrogen) atoms. The minimum absolute atomic E-state index is 0.301. The lowest BCUT2D eigenvalue weighted by atomic mass is 10.2. The number of rotatable bonds is 8. The summed E-state index contributed by atoms with van der Waals surface area (Å²) in [6.07, 6.45) is 2.10. The summed E-state index contributed by atoms with van der Waals surface area (Å²) in [5, 5.41) is 2.79. The Balaban J connectivity index is 2.11. The lowest BCUT2D eigenvalue weighted by Gasteiger charge is -2.17. The highest BCUT2D eigenvalue weighted by molar-refractivity contribution is 6.03. The third kappa shape index (κ3) is 5.77. The van der Waals surface area contributed by atoms with Crippen molar-refractivity contribution in [2.75, 3.05) is 30.4 Å². The molecule has 2 aromatic rings. The maximum Gasteiger partial charge on any atom is 0.338 e. The summed E-state index contributed by atoms with van der Waals surface area (Å²) in [6, 6.07) is 8.20. The minimum atomic E-state index is -0.387. The fourth-order valence-corrected chi connectivity index (χ4v) is 2.43. The van der Waals surface area contributed by atoms with Crippen molar-refractivity contribution in [1.29, 1.82) is 0 Å². The van der Waals surface area contributed by atoms with E-state index in [4.69, 9.17) is 4.74 Å². The van der Waals surface area contributed by atoms with E-state index in [0.717, 1.165) is 25.1 Å². The lowest BCUT2D eigenvalue weighted by molar-refractivity contribution is 0.0526.